The van der Waals surface area contributed by atoms with Gasteiger partial charge in [0.15, 0.2) is 5.65 Å². The minimum Gasteiger partial charge on any atom is -0.481 e. The highest BCUT2D eigenvalue weighted by Crippen LogP contribution is 2.18. The molecular formula is C13H17N5O2. The van der Waals surface area contributed by atoms with Crippen LogP contribution in [0.25, 0.3) is 11.2 Å². The van der Waals surface area contributed by atoms with Gasteiger partial charge >= 0.3 is 5.97 Å². The number of fused-ring (bicyclic) bond motifs is 1. The third-order valence-corrected chi connectivity index (χ3v) is 3.53. The molecule has 0 aliphatic carbocycles. The number of nitrogens with zero attached hydrogens (tertiary/aromatic N) is 4. The Balaban J connectivity index is 1.84. The van der Waals surface area contributed by atoms with E-state index in [0.717, 1.165) is 37.5 Å². The summed E-state index contributed by atoms with van der Waals surface area (Å²) in [5, 5.41) is 8.78. The third kappa shape index (κ3) is 2.57. The van der Waals surface area contributed by atoms with Gasteiger partial charge in [-0.15, -0.1) is 0 Å². The van der Waals surface area contributed by atoms with Crippen LogP contribution in [0.5, 0.6) is 0 Å². The van der Waals surface area contributed by atoms with Gasteiger partial charge in [0.05, 0.1) is 5.52 Å². The van der Waals surface area contributed by atoms with E-state index in [1.165, 1.54) is 0 Å². The number of H-pyrrole nitrogens is 1. The molecule has 0 atom stereocenters. The quantitative estimate of drug-likeness (QED) is 0.840. The van der Waals surface area contributed by atoms with Crippen LogP contribution in [0.3, 0.4) is 0 Å². The lowest BCUT2D eigenvalue weighted by molar-refractivity contribution is -0.136. The Labute approximate surface area is 116 Å². The number of anilines is 1. The van der Waals surface area contributed by atoms with Crippen molar-refractivity contribution < 1.29 is 9.90 Å². The molecule has 0 unspecified atom stereocenters. The van der Waals surface area contributed by atoms with Gasteiger partial charge in [-0.3, -0.25) is 4.79 Å². The van der Waals surface area contributed by atoms with Crippen LogP contribution in [0.2, 0.25) is 0 Å². The number of pyridine rings is 1. The van der Waals surface area contributed by atoms with Crippen LogP contribution in [0, 0.1) is 0 Å². The largest absolute Gasteiger partial charge is 0.481 e. The van der Waals surface area contributed by atoms with Crippen molar-refractivity contribution in [3.63, 3.8) is 0 Å². The minimum absolute atomic E-state index is 0.111. The standard InChI is InChI=1S/C13H17N5O2/c1-17-4-6-18(7-5-17)11-3-2-9-13(16-11)15-10(14-9)8-12(19)20/h2-3H,4-8H2,1H3,(H,19,20)(H,14,15,16). The fourth-order valence-corrected chi connectivity index (χ4v) is 2.37. The molecule has 0 saturated carbocycles. The summed E-state index contributed by atoms with van der Waals surface area (Å²) in [7, 11) is 2.11. The average Bonchev–Trinajstić information content (AvgIpc) is 2.79. The maximum atomic E-state index is 10.7. The topological polar surface area (TPSA) is 85.4 Å². The number of carboxylic acid groups (broad SMARTS) is 1. The number of aromatic amines is 1. The molecule has 2 aromatic rings. The van der Waals surface area contributed by atoms with Crippen molar-refractivity contribution in [3.8, 4) is 0 Å². The molecule has 1 aliphatic heterocycles. The summed E-state index contributed by atoms with van der Waals surface area (Å²) >= 11 is 0. The van der Waals surface area contributed by atoms with Crippen molar-refractivity contribution in [2.75, 3.05) is 38.1 Å². The number of hydrogen-bond acceptors (Lipinski definition) is 5. The van der Waals surface area contributed by atoms with Gasteiger partial charge in [0.25, 0.3) is 0 Å². The zero-order chi connectivity index (χ0) is 14.1. The summed E-state index contributed by atoms with van der Waals surface area (Å²) in [5.41, 5.74) is 1.36. The molecule has 1 aliphatic rings. The Hall–Kier alpha value is -2.15. The lowest BCUT2D eigenvalue weighted by Crippen LogP contribution is -2.44. The number of rotatable bonds is 3. The fourth-order valence-electron chi connectivity index (χ4n) is 2.37. The van der Waals surface area contributed by atoms with Gasteiger partial charge < -0.3 is 19.9 Å². The lowest BCUT2D eigenvalue weighted by Gasteiger charge is -2.33. The maximum Gasteiger partial charge on any atom is 0.311 e. The third-order valence-electron chi connectivity index (χ3n) is 3.53. The van der Waals surface area contributed by atoms with E-state index in [9.17, 15) is 4.79 Å². The molecule has 0 aromatic carbocycles. The first-order chi connectivity index (χ1) is 9.61. The van der Waals surface area contributed by atoms with Gasteiger partial charge in [0, 0.05) is 26.2 Å². The van der Waals surface area contributed by atoms with E-state index in [1.54, 1.807) is 0 Å². The van der Waals surface area contributed by atoms with Crippen molar-refractivity contribution >= 4 is 23.0 Å². The fraction of sp³-hybridized carbons (Fsp3) is 0.462. The van der Waals surface area contributed by atoms with Crippen molar-refractivity contribution in [2.45, 2.75) is 6.42 Å². The second-order valence-corrected chi connectivity index (χ2v) is 5.08. The molecule has 7 nitrogen and oxygen atoms in total. The molecule has 0 spiro atoms. The van der Waals surface area contributed by atoms with Crippen LogP contribution in [-0.2, 0) is 11.2 Å². The molecule has 20 heavy (non-hydrogen) atoms. The van der Waals surface area contributed by atoms with Crippen molar-refractivity contribution in [2.24, 2.45) is 0 Å². The summed E-state index contributed by atoms with van der Waals surface area (Å²) in [4.78, 5) is 27.0. The van der Waals surface area contributed by atoms with Crippen molar-refractivity contribution in [1.29, 1.82) is 0 Å². The number of nitrogens with one attached hydrogen (secondary N) is 1. The van der Waals surface area contributed by atoms with Crippen LogP contribution in [0.15, 0.2) is 12.1 Å². The molecule has 0 amide bonds. The highest BCUT2D eigenvalue weighted by molar-refractivity contribution is 5.75. The molecule has 1 fully saturated rings. The van der Waals surface area contributed by atoms with Crippen LogP contribution >= 0.6 is 0 Å². The van der Waals surface area contributed by atoms with E-state index in [-0.39, 0.29) is 6.42 Å². The Morgan fingerprint density at radius 2 is 2.05 bits per heavy atom. The van der Waals surface area contributed by atoms with E-state index in [0.29, 0.717) is 11.5 Å². The summed E-state index contributed by atoms with van der Waals surface area (Å²) in [6.07, 6.45) is -0.111. The molecule has 1 saturated heterocycles. The van der Waals surface area contributed by atoms with E-state index in [2.05, 4.69) is 31.8 Å². The van der Waals surface area contributed by atoms with E-state index in [1.807, 2.05) is 12.1 Å². The summed E-state index contributed by atoms with van der Waals surface area (Å²) < 4.78 is 0. The first-order valence-electron chi connectivity index (χ1n) is 6.63. The number of aliphatic carboxylic acids is 1. The van der Waals surface area contributed by atoms with Gasteiger partial charge in [-0.25, -0.2) is 9.97 Å². The number of likely N-dealkylation sites (N-methyl/N-ethyl adjacent to an activating group) is 1. The first kappa shape index (κ1) is 12.9. The predicted octanol–water partition coefficient (Wildman–Crippen LogP) is 0.337. The van der Waals surface area contributed by atoms with Gasteiger partial charge in [-0.2, -0.15) is 0 Å². The highest BCUT2D eigenvalue weighted by Gasteiger charge is 2.16. The Morgan fingerprint density at radius 1 is 1.30 bits per heavy atom. The molecule has 0 radical (unpaired) electrons. The smallest absolute Gasteiger partial charge is 0.311 e. The predicted molar refractivity (Wildman–Crippen MR) is 74.9 cm³/mol. The Bertz CT molecular complexity index is 631. The van der Waals surface area contributed by atoms with Gasteiger partial charge in [-0.1, -0.05) is 0 Å². The molecule has 7 heteroatoms. The van der Waals surface area contributed by atoms with Crippen molar-refractivity contribution in [3.05, 3.63) is 18.0 Å². The van der Waals surface area contributed by atoms with E-state index >= 15 is 0 Å². The molecule has 106 valence electrons. The van der Waals surface area contributed by atoms with Crippen LogP contribution in [0.4, 0.5) is 5.82 Å². The zero-order valence-corrected chi connectivity index (χ0v) is 11.3. The number of carboxylic acids is 1. The summed E-state index contributed by atoms with van der Waals surface area (Å²) in [6, 6.07) is 3.87. The second-order valence-electron chi connectivity index (χ2n) is 5.08. The van der Waals surface area contributed by atoms with Crippen LogP contribution in [0.1, 0.15) is 5.82 Å². The lowest BCUT2D eigenvalue weighted by atomic mass is 10.3. The number of hydrogen-bond donors (Lipinski definition) is 2. The zero-order valence-electron chi connectivity index (χ0n) is 11.3. The van der Waals surface area contributed by atoms with Gasteiger partial charge in [0.1, 0.15) is 18.1 Å². The molecular weight excluding hydrogens is 258 g/mol. The normalized spacial score (nSPS) is 16.8. The number of piperazine rings is 1. The van der Waals surface area contributed by atoms with Gasteiger partial charge in [0.2, 0.25) is 0 Å². The first-order valence-corrected chi connectivity index (χ1v) is 6.63. The van der Waals surface area contributed by atoms with Crippen molar-refractivity contribution in [1.82, 2.24) is 19.9 Å². The molecule has 3 heterocycles. The molecule has 0 bridgehead atoms. The average molecular weight is 275 g/mol. The Morgan fingerprint density at radius 3 is 2.75 bits per heavy atom. The highest BCUT2D eigenvalue weighted by atomic mass is 16.4. The second kappa shape index (κ2) is 5.09. The van der Waals surface area contributed by atoms with Crippen LogP contribution in [-0.4, -0.2) is 64.2 Å². The number of carbonyl (C=O) groups is 1. The summed E-state index contributed by atoms with van der Waals surface area (Å²) in [5.74, 6) is 0.442. The minimum atomic E-state index is -0.900. The number of aromatic nitrogens is 3. The SMILES string of the molecule is CN1CCN(c2ccc3[nH]c(CC(=O)O)nc3n2)CC1. The number of imidazole rings is 1. The van der Waals surface area contributed by atoms with Gasteiger partial charge in [-0.05, 0) is 19.2 Å². The van der Waals surface area contributed by atoms with Crippen LogP contribution < -0.4 is 4.90 Å². The van der Waals surface area contributed by atoms with E-state index in [4.69, 9.17) is 5.11 Å². The molecule has 2 N–H and O–H groups in total. The summed E-state index contributed by atoms with van der Waals surface area (Å²) in [6.45, 7) is 3.93. The Kier molecular flexibility index (Phi) is 3.27. The molecule has 2 aromatic heterocycles. The molecule has 3 rings (SSSR count). The van der Waals surface area contributed by atoms with E-state index < -0.39 is 5.97 Å². The maximum absolute atomic E-state index is 10.7. The monoisotopic (exact) mass is 275 g/mol.